The molecule has 24 heavy (non-hydrogen) atoms. The first-order valence-corrected chi connectivity index (χ1v) is 10.1. The van der Waals surface area contributed by atoms with E-state index in [0.717, 1.165) is 44.1 Å². The van der Waals surface area contributed by atoms with Crippen molar-refractivity contribution in [3.05, 3.63) is 47.5 Å². The van der Waals surface area contributed by atoms with Gasteiger partial charge in [-0.2, -0.15) is 0 Å². The van der Waals surface area contributed by atoms with E-state index >= 15 is 0 Å². The molecule has 0 aromatic heterocycles. The molecule has 0 spiro atoms. The molecule has 0 bridgehead atoms. The molecule has 0 unspecified atom stereocenters. The second-order valence-corrected chi connectivity index (χ2v) is 8.48. The average Bonchev–Trinajstić information content (AvgIpc) is 2.83. The summed E-state index contributed by atoms with van der Waals surface area (Å²) in [4.78, 5) is 0. The summed E-state index contributed by atoms with van der Waals surface area (Å²) in [7, 11) is 0. The van der Waals surface area contributed by atoms with E-state index in [-0.39, 0.29) is 5.38 Å². The third-order valence-electron chi connectivity index (χ3n) is 6.18. The summed E-state index contributed by atoms with van der Waals surface area (Å²) < 4.78 is 0. The van der Waals surface area contributed by atoms with E-state index < -0.39 is 5.60 Å². The molecule has 2 saturated carbocycles. The number of rotatable bonds is 6. The highest BCUT2D eigenvalue weighted by Gasteiger charge is 2.41. The lowest BCUT2D eigenvalue weighted by atomic mass is 9.74. The fourth-order valence-corrected chi connectivity index (χ4v) is 5.09. The van der Waals surface area contributed by atoms with Crippen LogP contribution in [-0.2, 0) is 5.60 Å². The monoisotopic (exact) mass is 346 g/mol. The lowest BCUT2D eigenvalue weighted by molar-refractivity contribution is -0.0388. The molecule has 0 heterocycles. The molecule has 132 valence electrons. The zero-order valence-corrected chi connectivity index (χ0v) is 15.8. The zero-order chi connectivity index (χ0) is 17.2. The highest BCUT2D eigenvalue weighted by atomic mass is 35.5. The first kappa shape index (κ1) is 18.0. The van der Waals surface area contributed by atoms with Crippen molar-refractivity contribution in [2.75, 3.05) is 0 Å². The van der Waals surface area contributed by atoms with Gasteiger partial charge < -0.3 is 5.11 Å². The SMILES string of the molecule is CCC/C=C\C[C@@H]1[C@@H](c2ccc(C3(O)CCC3)cc2)[C@H](C)C[C@H]1Cl. The second kappa shape index (κ2) is 7.62. The molecular formula is C22H31ClO. The zero-order valence-electron chi connectivity index (χ0n) is 15.0. The number of unbranched alkanes of at least 4 members (excludes halogenated alkanes) is 1. The Labute approximate surface area is 152 Å². The van der Waals surface area contributed by atoms with Crippen LogP contribution in [0.1, 0.15) is 75.8 Å². The van der Waals surface area contributed by atoms with E-state index in [0.29, 0.717) is 17.8 Å². The molecule has 1 aromatic rings. The van der Waals surface area contributed by atoms with Gasteiger partial charge in [0.25, 0.3) is 0 Å². The topological polar surface area (TPSA) is 20.2 Å². The Morgan fingerprint density at radius 1 is 1.21 bits per heavy atom. The lowest BCUT2D eigenvalue weighted by Crippen LogP contribution is -2.33. The van der Waals surface area contributed by atoms with Crippen LogP contribution >= 0.6 is 11.6 Å². The van der Waals surface area contributed by atoms with Crippen LogP contribution in [-0.4, -0.2) is 10.5 Å². The van der Waals surface area contributed by atoms with Crippen molar-refractivity contribution in [2.45, 2.75) is 75.7 Å². The predicted molar refractivity (Wildman–Crippen MR) is 103 cm³/mol. The highest BCUT2D eigenvalue weighted by Crippen LogP contribution is 2.49. The van der Waals surface area contributed by atoms with Gasteiger partial charge in [-0.15, -0.1) is 11.6 Å². The largest absolute Gasteiger partial charge is 0.385 e. The van der Waals surface area contributed by atoms with Crippen molar-refractivity contribution in [3.63, 3.8) is 0 Å². The Morgan fingerprint density at radius 3 is 2.50 bits per heavy atom. The molecule has 0 amide bonds. The molecule has 0 saturated heterocycles. The van der Waals surface area contributed by atoms with Gasteiger partial charge in [-0.1, -0.05) is 56.7 Å². The van der Waals surface area contributed by atoms with E-state index in [2.05, 4.69) is 50.3 Å². The molecule has 3 rings (SSSR count). The smallest absolute Gasteiger partial charge is 0.0896 e. The maximum atomic E-state index is 10.5. The molecule has 1 nitrogen and oxygen atoms in total. The fourth-order valence-electron chi connectivity index (χ4n) is 4.55. The third kappa shape index (κ3) is 3.58. The Hall–Kier alpha value is -0.790. The Kier molecular flexibility index (Phi) is 5.72. The molecule has 1 aromatic carbocycles. The highest BCUT2D eigenvalue weighted by molar-refractivity contribution is 6.21. The summed E-state index contributed by atoms with van der Waals surface area (Å²) in [5.74, 6) is 1.67. The van der Waals surface area contributed by atoms with Crippen LogP contribution in [0.15, 0.2) is 36.4 Å². The third-order valence-corrected chi connectivity index (χ3v) is 6.68. The van der Waals surface area contributed by atoms with Gasteiger partial charge in [0.2, 0.25) is 0 Å². The quantitative estimate of drug-likeness (QED) is 0.483. The Morgan fingerprint density at radius 2 is 1.92 bits per heavy atom. The van der Waals surface area contributed by atoms with Crippen molar-refractivity contribution in [3.8, 4) is 0 Å². The Balaban J connectivity index is 1.74. The van der Waals surface area contributed by atoms with Crippen molar-refractivity contribution >= 4 is 11.6 Å². The van der Waals surface area contributed by atoms with Crippen LogP contribution in [0.4, 0.5) is 0 Å². The van der Waals surface area contributed by atoms with Crippen LogP contribution in [0.3, 0.4) is 0 Å². The van der Waals surface area contributed by atoms with E-state index in [1.165, 1.54) is 12.0 Å². The number of allylic oxidation sites excluding steroid dienone is 2. The van der Waals surface area contributed by atoms with Crippen LogP contribution < -0.4 is 0 Å². The molecular weight excluding hydrogens is 316 g/mol. The van der Waals surface area contributed by atoms with Gasteiger partial charge in [0.05, 0.1) is 5.60 Å². The van der Waals surface area contributed by atoms with Crippen LogP contribution in [0, 0.1) is 11.8 Å². The number of aliphatic hydroxyl groups is 1. The molecule has 2 aliphatic carbocycles. The minimum Gasteiger partial charge on any atom is -0.385 e. The molecule has 0 aliphatic heterocycles. The van der Waals surface area contributed by atoms with E-state index in [1.54, 1.807) is 0 Å². The maximum Gasteiger partial charge on any atom is 0.0896 e. The van der Waals surface area contributed by atoms with Gasteiger partial charge in [-0.05, 0) is 67.4 Å². The average molecular weight is 347 g/mol. The normalized spacial score (nSPS) is 32.2. The first-order valence-electron chi connectivity index (χ1n) is 9.67. The minimum atomic E-state index is -0.558. The Bertz CT molecular complexity index is 558. The van der Waals surface area contributed by atoms with E-state index in [9.17, 15) is 5.11 Å². The van der Waals surface area contributed by atoms with Crippen molar-refractivity contribution in [1.29, 1.82) is 0 Å². The van der Waals surface area contributed by atoms with E-state index in [1.807, 2.05) is 0 Å². The molecule has 2 aliphatic rings. The minimum absolute atomic E-state index is 0.270. The summed E-state index contributed by atoms with van der Waals surface area (Å²) in [5.41, 5.74) is 1.92. The van der Waals surface area contributed by atoms with E-state index in [4.69, 9.17) is 11.6 Å². The molecule has 0 radical (unpaired) electrons. The number of halogens is 1. The molecule has 1 N–H and O–H groups in total. The summed E-state index contributed by atoms with van der Waals surface area (Å²) >= 11 is 6.69. The number of alkyl halides is 1. The maximum absolute atomic E-state index is 10.5. The van der Waals surface area contributed by atoms with Crippen LogP contribution in [0.25, 0.3) is 0 Å². The molecule has 2 heteroatoms. The van der Waals surface area contributed by atoms with Crippen molar-refractivity contribution in [1.82, 2.24) is 0 Å². The molecule has 4 atom stereocenters. The summed E-state index contributed by atoms with van der Waals surface area (Å²) in [6.45, 7) is 4.55. The predicted octanol–water partition coefficient (Wildman–Crippen LogP) is 6.15. The van der Waals surface area contributed by atoms with Crippen LogP contribution in [0.2, 0.25) is 0 Å². The number of hydrogen-bond donors (Lipinski definition) is 1. The molecule has 2 fully saturated rings. The number of hydrogen-bond acceptors (Lipinski definition) is 1. The lowest BCUT2D eigenvalue weighted by Gasteiger charge is -2.37. The fraction of sp³-hybridized carbons (Fsp3) is 0.636. The van der Waals surface area contributed by atoms with Gasteiger partial charge >= 0.3 is 0 Å². The number of benzene rings is 1. The van der Waals surface area contributed by atoms with Gasteiger partial charge in [-0.3, -0.25) is 0 Å². The second-order valence-electron chi connectivity index (χ2n) is 7.92. The van der Waals surface area contributed by atoms with Gasteiger partial charge in [0, 0.05) is 5.38 Å². The van der Waals surface area contributed by atoms with Gasteiger partial charge in [0.15, 0.2) is 0 Å². The summed E-state index contributed by atoms with van der Waals surface area (Å²) in [5, 5.41) is 10.8. The summed E-state index contributed by atoms with van der Waals surface area (Å²) in [6, 6.07) is 8.77. The van der Waals surface area contributed by atoms with Crippen molar-refractivity contribution < 1.29 is 5.11 Å². The standard InChI is InChI=1S/C22H31ClO/c1-3-4-5-6-8-19-20(23)15-16(2)21(19)17-9-11-18(12-10-17)22(24)13-7-14-22/h5-6,9-12,16,19-21,24H,3-4,7-8,13-15H2,1-2H3/b6-5-/t16-,19+,20-,21-/m1/s1. The van der Waals surface area contributed by atoms with Gasteiger partial charge in [0.1, 0.15) is 0 Å². The van der Waals surface area contributed by atoms with Crippen molar-refractivity contribution in [2.24, 2.45) is 11.8 Å². The van der Waals surface area contributed by atoms with Gasteiger partial charge in [-0.25, -0.2) is 0 Å². The first-order chi connectivity index (χ1) is 11.5. The van der Waals surface area contributed by atoms with Crippen LogP contribution in [0.5, 0.6) is 0 Å². The summed E-state index contributed by atoms with van der Waals surface area (Å²) in [6.07, 6.45) is 12.1.